The van der Waals surface area contributed by atoms with Crippen molar-refractivity contribution >= 4 is 5.57 Å². The fourth-order valence-corrected chi connectivity index (χ4v) is 3.50. The molecule has 0 aliphatic rings. The Bertz CT molecular complexity index is 1210. The number of nitrogens with zero attached hydrogens (tertiary/aromatic N) is 4. The van der Waals surface area contributed by atoms with Gasteiger partial charge in [-0.25, -0.2) is 4.98 Å². The highest BCUT2D eigenvalue weighted by atomic mass is 15.0. The van der Waals surface area contributed by atoms with Gasteiger partial charge in [0.25, 0.3) is 0 Å². The van der Waals surface area contributed by atoms with Crippen LogP contribution in [0.2, 0.25) is 0 Å². The molecule has 0 aliphatic carbocycles. The van der Waals surface area contributed by atoms with E-state index in [0.29, 0.717) is 17.5 Å². The van der Waals surface area contributed by atoms with Crippen molar-refractivity contribution in [1.82, 2.24) is 9.55 Å². The molecule has 0 aliphatic heterocycles. The molecule has 4 nitrogen and oxygen atoms in total. The summed E-state index contributed by atoms with van der Waals surface area (Å²) in [5.41, 5.74) is 6.71. The van der Waals surface area contributed by atoms with Crippen LogP contribution in [-0.2, 0) is 13.0 Å². The number of benzene rings is 3. The second kappa shape index (κ2) is 9.39. The summed E-state index contributed by atoms with van der Waals surface area (Å²) in [5, 5.41) is 18.2. The SMILES string of the molecule is N#Cc1ccc(C(=CCc2cncn2Cc2ccccc2)c2ccc(C#N)cc2)cc1. The Balaban J connectivity index is 1.66. The fraction of sp³-hybridized carbons (Fsp3) is 0.0741. The number of allylic oxidation sites excluding steroid dienone is 1. The average molecular weight is 400 g/mol. The predicted octanol–water partition coefficient (Wildman–Crippen LogP) is 5.35. The molecule has 0 spiro atoms. The van der Waals surface area contributed by atoms with Gasteiger partial charge in [0.05, 0.1) is 29.6 Å². The zero-order valence-corrected chi connectivity index (χ0v) is 16.9. The molecule has 148 valence electrons. The fourth-order valence-electron chi connectivity index (χ4n) is 3.50. The molecule has 0 fully saturated rings. The third-order valence-corrected chi connectivity index (χ3v) is 5.16. The zero-order valence-electron chi connectivity index (χ0n) is 16.9. The molecule has 0 atom stereocenters. The highest BCUT2D eigenvalue weighted by Gasteiger charge is 2.08. The van der Waals surface area contributed by atoms with Crippen LogP contribution in [0.3, 0.4) is 0 Å². The van der Waals surface area contributed by atoms with Crippen LogP contribution < -0.4 is 0 Å². The lowest BCUT2D eigenvalue weighted by atomic mass is 9.95. The van der Waals surface area contributed by atoms with Gasteiger partial charge in [-0.05, 0) is 46.5 Å². The van der Waals surface area contributed by atoms with Crippen LogP contribution in [0.1, 0.15) is 33.5 Å². The van der Waals surface area contributed by atoms with E-state index in [1.807, 2.05) is 79.3 Å². The number of rotatable bonds is 6. The average Bonchev–Trinajstić information content (AvgIpc) is 3.27. The Labute approximate surface area is 182 Å². The maximum atomic E-state index is 9.12. The molecule has 4 aromatic rings. The minimum Gasteiger partial charge on any atom is -0.330 e. The summed E-state index contributed by atoms with van der Waals surface area (Å²) in [5.74, 6) is 0. The lowest BCUT2D eigenvalue weighted by molar-refractivity contribution is 0.757. The summed E-state index contributed by atoms with van der Waals surface area (Å²) in [6.07, 6.45) is 6.65. The molecule has 0 saturated heterocycles. The van der Waals surface area contributed by atoms with E-state index in [-0.39, 0.29) is 0 Å². The van der Waals surface area contributed by atoms with E-state index in [9.17, 15) is 0 Å². The molecule has 3 aromatic carbocycles. The maximum absolute atomic E-state index is 9.12. The molecule has 4 heteroatoms. The van der Waals surface area contributed by atoms with Gasteiger partial charge in [-0.15, -0.1) is 0 Å². The van der Waals surface area contributed by atoms with Crippen LogP contribution in [-0.4, -0.2) is 9.55 Å². The van der Waals surface area contributed by atoms with Gasteiger partial charge >= 0.3 is 0 Å². The molecule has 4 rings (SSSR count). The lowest BCUT2D eigenvalue weighted by Crippen LogP contribution is -2.03. The predicted molar refractivity (Wildman–Crippen MR) is 121 cm³/mol. The van der Waals surface area contributed by atoms with Gasteiger partial charge < -0.3 is 4.57 Å². The summed E-state index contributed by atoms with van der Waals surface area (Å²) in [6.45, 7) is 0.771. The minimum absolute atomic E-state index is 0.629. The van der Waals surface area contributed by atoms with E-state index in [1.165, 1.54) is 5.56 Å². The molecule has 0 radical (unpaired) electrons. The maximum Gasteiger partial charge on any atom is 0.0991 e. The molecule has 0 unspecified atom stereocenters. The Morgan fingerprint density at radius 1 is 0.806 bits per heavy atom. The van der Waals surface area contributed by atoms with E-state index in [2.05, 4.69) is 39.9 Å². The minimum atomic E-state index is 0.629. The van der Waals surface area contributed by atoms with Crippen molar-refractivity contribution in [3.63, 3.8) is 0 Å². The lowest BCUT2D eigenvalue weighted by Gasteiger charge is -2.11. The summed E-state index contributed by atoms with van der Waals surface area (Å²) in [4.78, 5) is 4.35. The Morgan fingerprint density at radius 2 is 1.39 bits per heavy atom. The summed E-state index contributed by atoms with van der Waals surface area (Å²) < 4.78 is 2.15. The first-order valence-electron chi connectivity index (χ1n) is 10.0. The van der Waals surface area contributed by atoms with Crippen molar-refractivity contribution in [3.8, 4) is 12.1 Å². The molecule has 1 aromatic heterocycles. The Hall–Kier alpha value is -4.41. The van der Waals surface area contributed by atoms with Crippen molar-refractivity contribution in [2.24, 2.45) is 0 Å². The van der Waals surface area contributed by atoms with Gasteiger partial charge in [-0.2, -0.15) is 10.5 Å². The van der Waals surface area contributed by atoms with Crippen LogP contribution >= 0.6 is 0 Å². The third-order valence-electron chi connectivity index (χ3n) is 5.16. The van der Waals surface area contributed by atoms with E-state index in [0.717, 1.165) is 28.9 Å². The van der Waals surface area contributed by atoms with Crippen LogP contribution in [0.5, 0.6) is 0 Å². The highest BCUT2D eigenvalue weighted by Crippen LogP contribution is 2.25. The first kappa shape index (κ1) is 19.9. The monoisotopic (exact) mass is 400 g/mol. The van der Waals surface area contributed by atoms with Crippen molar-refractivity contribution in [3.05, 3.63) is 131 Å². The largest absolute Gasteiger partial charge is 0.330 e. The van der Waals surface area contributed by atoms with Crippen LogP contribution in [0.25, 0.3) is 5.57 Å². The van der Waals surface area contributed by atoms with Crippen molar-refractivity contribution in [2.75, 3.05) is 0 Å². The number of aromatic nitrogens is 2. The van der Waals surface area contributed by atoms with E-state index < -0.39 is 0 Å². The van der Waals surface area contributed by atoms with Crippen LogP contribution in [0.4, 0.5) is 0 Å². The second-order valence-electron chi connectivity index (χ2n) is 7.20. The quantitative estimate of drug-likeness (QED) is 0.438. The molecule has 0 saturated carbocycles. The van der Waals surface area contributed by atoms with Gasteiger partial charge in [0, 0.05) is 24.9 Å². The molecule has 0 N–H and O–H groups in total. The summed E-state index contributed by atoms with van der Waals surface area (Å²) in [6, 6.07) is 29.8. The summed E-state index contributed by atoms with van der Waals surface area (Å²) >= 11 is 0. The molecular formula is C27H20N4. The van der Waals surface area contributed by atoms with Gasteiger partial charge in [0.1, 0.15) is 0 Å². The van der Waals surface area contributed by atoms with E-state index in [4.69, 9.17) is 10.5 Å². The first-order valence-corrected chi connectivity index (χ1v) is 10.0. The zero-order chi connectivity index (χ0) is 21.5. The first-order chi connectivity index (χ1) is 15.3. The Morgan fingerprint density at radius 3 is 1.94 bits per heavy atom. The molecule has 0 amide bonds. The van der Waals surface area contributed by atoms with Crippen molar-refractivity contribution in [2.45, 2.75) is 13.0 Å². The van der Waals surface area contributed by atoms with Crippen molar-refractivity contribution < 1.29 is 0 Å². The number of nitriles is 2. The van der Waals surface area contributed by atoms with Gasteiger partial charge in [0.15, 0.2) is 0 Å². The molecular weight excluding hydrogens is 380 g/mol. The molecule has 1 heterocycles. The number of imidazole rings is 1. The van der Waals surface area contributed by atoms with Gasteiger partial charge in [-0.3, -0.25) is 0 Å². The summed E-state index contributed by atoms with van der Waals surface area (Å²) in [7, 11) is 0. The van der Waals surface area contributed by atoms with Gasteiger partial charge in [-0.1, -0.05) is 60.7 Å². The Kier molecular flexibility index (Phi) is 6.02. The van der Waals surface area contributed by atoms with E-state index >= 15 is 0 Å². The number of hydrogen-bond acceptors (Lipinski definition) is 3. The molecule has 0 bridgehead atoms. The smallest absolute Gasteiger partial charge is 0.0991 e. The van der Waals surface area contributed by atoms with Crippen LogP contribution in [0, 0.1) is 22.7 Å². The second-order valence-corrected chi connectivity index (χ2v) is 7.20. The third kappa shape index (κ3) is 4.78. The van der Waals surface area contributed by atoms with Crippen molar-refractivity contribution in [1.29, 1.82) is 10.5 Å². The molecule has 31 heavy (non-hydrogen) atoms. The number of hydrogen-bond donors (Lipinski definition) is 0. The highest BCUT2D eigenvalue weighted by molar-refractivity contribution is 5.80. The van der Waals surface area contributed by atoms with Gasteiger partial charge in [0.2, 0.25) is 0 Å². The topological polar surface area (TPSA) is 65.4 Å². The van der Waals surface area contributed by atoms with E-state index in [1.54, 1.807) is 0 Å². The van der Waals surface area contributed by atoms with Crippen LogP contribution in [0.15, 0.2) is 97.5 Å². The normalized spacial score (nSPS) is 10.1. The standard InChI is InChI=1S/C27H20N4/c28-16-21-6-10-24(11-7-21)27(25-12-8-22(17-29)9-13-25)15-14-26-18-30-20-31(26)19-23-4-2-1-3-5-23/h1-13,15,18,20H,14,19H2.